The highest BCUT2D eigenvalue weighted by Crippen LogP contribution is 2.38. The van der Waals surface area contributed by atoms with Crippen molar-refractivity contribution in [3.63, 3.8) is 0 Å². The van der Waals surface area contributed by atoms with E-state index in [4.69, 9.17) is 10.00 Å². The molecule has 2 atom stereocenters. The van der Waals surface area contributed by atoms with Crippen LogP contribution in [0.25, 0.3) is 0 Å². The van der Waals surface area contributed by atoms with Crippen LogP contribution < -0.4 is 5.32 Å². The minimum absolute atomic E-state index is 0.0235. The summed E-state index contributed by atoms with van der Waals surface area (Å²) in [6, 6.07) is 8.14. The molecule has 7 heteroatoms. The normalized spacial score (nSPS) is 25.1. The van der Waals surface area contributed by atoms with E-state index in [0.717, 1.165) is 29.7 Å². The van der Waals surface area contributed by atoms with Crippen LogP contribution in [-0.2, 0) is 20.9 Å². The van der Waals surface area contributed by atoms with Gasteiger partial charge in [-0.2, -0.15) is 5.26 Å². The molecular weight excluding hydrogens is 334 g/mol. The van der Waals surface area contributed by atoms with E-state index in [1.807, 2.05) is 13.0 Å². The first-order valence-corrected chi connectivity index (χ1v) is 8.75. The van der Waals surface area contributed by atoms with E-state index < -0.39 is 24.1 Å². The number of imide groups is 1. The lowest BCUT2D eigenvalue weighted by molar-refractivity contribution is -0.149. The summed E-state index contributed by atoms with van der Waals surface area (Å²) in [5.74, 6) is -0.921. The van der Waals surface area contributed by atoms with Crippen molar-refractivity contribution in [2.45, 2.75) is 44.8 Å². The van der Waals surface area contributed by atoms with Gasteiger partial charge in [-0.1, -0.05) is 31.9 Å². The standard InChI is InChI=1S/C19H21N3O4/c1-13-4-2-3-9-19(13)17(24)22(18(25)21-19)11-16(23)26-12-15-7-5-14(10-20)6-8-15/h5-8,13H,2-4,9,11-12H2,1H3,(H,21,25)/t13-,19-/m0/s1. The maximum absolute atomic E-state index is 12.8. The summed E-state index contributed by atoms with van der Waals surface area (Å²) < 4.78 is 5.17. The third-order valence-corrected chi connectivity index (χ3v) is 5.27. The Morgan fingerprint density at radius 2 is 2.08 bits per heavy atom. The molecule has 2 fully saturated rings. The maximum Gasteiger partial charge on any atom is 0.326 e. The van der Waals surface area contributed by atoms with E-state index in [0.29, 0.717) is 12.0 Å². The van der Waals surface area contributed by atoms with Crippen LogP contribution in [0.4, 0.5) is 4.79 Å². The largest absolute Gasteiger partial charge is 0.459 e. The van der Waals surface area contributed by atoms with Crippen molar-refractivity contribution in [2.24, 2.45) is 5.92 Å². The number of nitrogens with one attached hydrogen (secondary N) is 1. The third kappa shape index (κ3) is 3.27. The summed E-state index contributed by atoms with van der Waals surface area (Å²) in [5, 5.41) is 11.6. The molecule has 1 N–H and O–H groups in total. The molecule has 0 bridgehead atoms. The molecule has 2 aliphatic rings. The lowest BCUT2D eigenvalue weighted by atomic mass is 9.73. The minimum atomic E-state index is -0.872. The molecule has 26 heavy (non-hydrogen) atoms. The summed E-state index contributed by atoms with van der Waals surface area (Å²) >= 11 is 0. The van der Waals surface area contributed by atoms with Gasteiger partial charge in [0.25, 0.3) is 5.91 Å². The van der Waals surface area contributed by atoms with Crippen LogP contribution in [0.2, 0.25) is 0 Å². The van der Waals surface area contributed by atoms with Gasteiger partial charge in [0.2, 0.25) is 0 Å². The summed E-state index contributed by atoms with van der Waals surface area (Å²) in [7, 11) is 0. The zero-order valence-corrected chi connectivity index (χ0v) is 14.7. The first kappa shape index (κ1) is 17.9. The number of esters is 1. The second-order valence-electron chi connectivity index (χ2n) is 6.91. The van der Waals surface area contributed by atoms with E-state index in [1.165, 1.54) is 0 Å². The fourth-order valence-electron chi connectivity index (χ4n) is 3.65. The lowest BCUT2D eigenvalue weighted by Gasteiger charge is -2.36. The average Bonchev–Trinajstić information content (AvgIpc) is 2.88. The molecular formula is C19H21N3O4. The van der Waals surface area contributed by atoms with Gasteiger partial charge >= 0.3 is 12.0 Å². The van der Waals surface area contributed by atoms with E-state index in [1.54, 1.807) is 24.3 Å². The second-order valence-corrected chi connectivity index (χ2v) is 6.91. The van der Waals surface area contributed by atoms with Gasteiger partial charge in [0.05, 0.1) is 11.6 Å². The number of carbonyl (C=O) groups excluding carboxylic acids is 3. The van der Waals surface area contributed by atoms with Crippen LogP contribution in [0.5, 0.6) is 0 Å². The fraction of sp³-hybridized carbons (Fsp3) is 0.474. The van der Waals surface area contributed by atoms with Crippen molar-refractivity contribution in [3.05, 3.63) is 35.4 Å². The SMILES string of the molecule is C[C@H]1CCCC[C@]12NC(=O)N(CC(=O)OCc1ccc(C#N)cc1)C2=O. The molecule has 1 heterocycles. The predicted molar refractivity (Wildman–Crippen MR) is 91.6 cm³/mol. The van der Waals surface area contributed by atoms with Gasteiger partial charge in [0.15, 0.2) is 0 Å². The predicted octanol–water partition coefficient (Wildman–Crippen LogP) is 2.10. The average molecular weight is 355 g/mol. The van der Waals surface area contributed by atoms with Gasteiger partial charge in [-0.05, 0) is 36.5 Å². The van der Waals surface area contributed by atoms with Crippen molar-refractivity contribution >= 4 is 17.9 Å². The van der Waals surface area contributed by atoms with Crippen LogP contribution in [0.3, 0.4) is 0 Å². The quantitative estimate of drug-likeness (QED) is 0.659. The summed E-state index contributed by atoms with van der Waals surface area (Å²) in [5.41, 5.74) is 0.376. The molecule has 136 valence electrons. The number of hydrogen-bond donors (Lipinski definition) is 1. The van der Waals surface area contributed by atoms with Gasteiger partial charge in [-0.15, -0.1) is 0 Å². The monoisotopic (exact) mass is 355 g/mol. The first-order valence-electron chi connectivity index (χ1n) is 8.75. The molecule has 1 aromatic rings. The Hall–Kier alpha value is -2.88. The number of amides is 3. The van der Waals surface area contributed by atoms with E-state index in [-0.39, 0.29) is 18.4 Å². The topological polar surface area (TPSA) is 99.5 Å². The third-order valence-electron chi connectivity index (χ3n) is 5.27. The molecule has 1 aromatic carbocycles. The lowest BCUT2D eigenvalue weighted by Crippen LogP contribution is -2.54. The van der Waals surface area contributed by atoms with Gasteiger partial charge in [-0.3, -0.25) is 14.5 Å². The number of nitriles is 1. The molecule has 1 saturated carbocycles. The number of benzene rings is 1. The van der Waals surface area contributed by atoms with Gasteiger partial charge in [0.1, 0.15) is 18.7 Å². The Kier molecular flexibility index (Phi) is 4.94. The van der Waals surface area contributed by atoms with Crippen LogP contribution in [-0.4, -0.2) is 34.9 Å². The number of carbonyl (C=O) groups is 3. The maximum atomic E-state index is 12.8. The van der Waals surface area contributed by atoms with Gasteiger partial charge in [0, 0.05) is 0 Å². The Morgan fingerprint density at radius 1 is 1.35 bits per heavy atom. The molecule has 0 aromatic heterocycles. The summed E-state index contributed by atoms with van der Waals surface area (Å²) in [6.07, 6.45) is 3.41. The number of hydrogen-bond acceptors (Lipinski definition) is 5. The van der Waals surface area contributed by atoms with Crippen LogP contribution >= 0.6 is 0 Å². The number of rotatable bonds is 4. The van der Waals surface area contributed by atoms with Crippen LogP contribution in [0.1, 0.15) is 43.7 Å². The molecule has 3 amide bonds. The minimum Gasteiger partial charge on any atom is -0.459 e. The second kappa shape index (κ2) is 7.16. The molecule has 7 nitrogen and oxygen atoms in total. The smallest absolute Gasteiger partial charge is 0.326 e. The number of nitrogens with zero attached hydrogens (tertiary/aromatic N) is 2. The van der Waals surface area contributed by atoms with Crippen molar-refractivity contribution in [1.29, 1.82) is 5.26 Å². The Balaban J connectivity index is 1.59. The van der Waals surface area contributed by atoms with E-state index >= 15 is 0 Å². The van der Waals surface area contributed by atoms with Crippen LogP contribution in [0, 0.1) is 17.2 Å². The van der Waals surface area contributed by atoms with Crippen molar-refractivity contribution in [3.8, 4) is 6.07 Å². The molecule has 1 saturated heterocycles. The summed E-state index contributed by atoms with van der Waals surface area (Å²) in [6.45, 7) is 1.59. The number of urea groups is 1. The highest BCUT2D eigenvalue weighted by atomic mass is 16.5. The zero-order chi connectivity index (χ0) is 18.7. The highest BCUT2D eigenvalue weighted by Gasteiger charge is 2.55. The molecule has 1 aliphatic heterocycles. The highest BCUT2D eigenvalue weighted by molar-refractivity contribution is 6.08. The van der Waals surface area contributed by atoms with Gasteiger partial charge in [-0.25, -0.2) is 4.79 Å². The first-order chi connectivity index (χ1) is 12.5. The van der Waals surface area contributed by atoms with Crippen LogP contribution in [0.15, 0.2) is 24.3 Å². The Bertz CT molecular complexity index is 768. The number of ether oxygens (including phenoxy) is 1. The van der Waals surface area contributed by atoms with Crippen molar-refractivity contribution in [2.75, 3.05) is 6.54 Å². The van der Waals surface area contributed by atoms with Crippen molar-refractivity contribution < 1.29 is 19.1 Å². The van der Waals surface area contributed by atoms with Gasteiger partial charge < -0.3 is 10.1 Å². The summed E-state index contributed by atoms with van der Waals surface area (Å²) in [4.78, 5) is 38.1. The molecule has 0 unspecified atom stereocenters. The zero-order valence-electron chi connectivity index (χ0n) is 14.7. The molecule has 3 rings (SSSR count). The van der Waals surface area contributed by atoms with E-state index in [2.05, 4.69) is 5.32 Å². The molecule has 1 spiro atoms. The Labute approximate surface area is 151 Å². The molecule has 1 aliphatic carbocycles. The van der Waals surface area contributed by atoms with Crippen molar-refractivity contribution in [1.82, 2.24) is 10.2 Å². The van der Waals surface area contributed by atoms with E-state index in [9.17, 15) is 14.4 Å². The molecule has 0 radical (unpaired) electrons. The Morgan fingerprint density at radius 3 is 2.73 bits per heavy atom. The fourth-order valence-corrected chi connectivity index (χ4v) is 3.65.